The summed E-state index contributed by atoms with van der Waals surface area (Å²) in [6.07, 6.45) is 2.41. The first kappa shape index (κ1) is 17.1. The highest BCUT2D eigenvalue weighted by molar-refractivity contribution is 5.93. The van der Waals surface area contributed by atoms with Crippen LogP contribution in [0.5, 0.6) is 11.6 Å². The summed E-state index contributed by atoms with van der Waals surface area (Å²) in [6, 6.07) is 14.9. The zero-order chi connectivity index (χ0) is 18.6. The van der Waals surface area contributed by atoms with Crippen LogP contribution in [0.1, 0.15) is 16.9 Å². The number of para-hydroxylation sites is 1. The first-order valence-corrected chi connectivity index (χ1v) is 8.80. The first-order chi connectivity index (χ1) is 13.2. The largest absolute Gasteiger partial charge is 0.496 e. The van der Waals surface area contributed by atoms with Gasteiger partial charge in [-0.2, -0.15) is 5.10 Å². The lowest BCUT2D eigenvalue weighted by atomic mass is 10.1. The third-order valence-electron chi connectivity index (χ3n) is 4.55. The molecule has 0 saturated carbocycles. The highest BCUT2D eigenvalue weighted by Gasteiger charge is 2.29. The van der Waals surface area contributed by atoms with Gasteiger partial charge in [-0.05, 0) is 24.3 Å². The molecule has 7 nitrogen and oxygen atoms in total. The Kier molecular flexibility index (Phi) is 4.74. The molecule has 1 unspecified atom stereocenters. The molecule has 4 rings (SSSR count). The number of H-pyrrole nitrogens is 1. The second-order valence-electron chi connectivity index (χ2n) is 6.31. The smallest absolute Gasteiger partial charge is 0.272 e. The van der Waals surface area contributed by atoms with Gasteiger partial charge < -0.3 is 14.4 Å². The number of pyridine rings is 1. The summed E-state index contributed by atoms with van der Waals surface area (Å²) in [5.41, 5.74) is 1.97. The number of nitrogens with one attached hydrogen (secondary N) is 1. The van der Waals surface area contributed by atoms with Crippen LogP contribution in [0.15, 0.2) is 54.7 Å². The standard InChI is InChI=1S/C20H20N4O3/c1-26-18-7-3-2-6-15(18)16-12-17(23-22-16)20(25)24-11-9-14(13-24)27-19-8-4-5-10-21-19/h2-8,10,12,14H,9,11,13H2,1H3,(H,22,23). The molecular formula is C20H20N4O3. The Morgan fingerprint density at radius 2 is 2.07 bits per heavy atom. The third-order valence-corrected chi connectivity index (χ3v) is 4.55. The summed E-state index contributed by atoms with van der Waals surface area (Å²) >= 11 is 0. The van der Waals surface area contributed by atoms with Crippen molar-refractivity contribution < 1.29 is 14.3 Å². The number of hydrogen-bond donors (Lipinski definition) is 1. The number of benzene rings is 1. The monoisotopic (exact) mass is 364 g/mol. The number of rotatable bonds is 5. The molecule has 1 amide bonds. The van der Waals surface area contributed by atoms with Gasteiger partial charge >= 0.3 is 0 Å². The molecule has 0 aliphatic carbocycles. The summed E-state index contributed by atoms with van der Waals surface area (Å²) in [7, 11) is 1.61. The van der Waals surface area contributed by atoms with Gasteiger partial charge in [-0.25, -0.2) is 4.98 Å². The minimum Gasteiger partial charge on any atom is -0.496 e. The maximum Gasteiger partial charge on any atom is 0.272 e. The lowest BCUT2D eigenvalue weighted by molar-refractivity contribution is 0.0765. The van der Waals surface area contributed by atoms with Gasteiger partial charge in [0.25, 0.3) is 5.91 Å². The molecule has 2 aromatic heterocycles. The highest BCUT2D eigenvalue weighted by Crippen LogP contribution is 2.28. The molecule has 3 heterocycles. The van der Waals surface area contributed by atoms with Crippen LogP contribution in [-0.4, -0.2) is 52.3 Å². The zero-order valence-electron chi connectivity index (χ0n) is 15.0. The number of amides is 1. The number of likely N-dealkylation sites (tertiary alicyclic amines) is 1. The van der Waals surface area contributed by atoms with Crippen LogP contribution < -0.4 is 9.47 Å². The lowest BCUT2D eigenvalue weighted by Crippen LogP contribution is -2.31. The van der Waals surface area contributed by atoms with E-state index >= 15 is 0 Å². The number of hydrogen-bond acceptors (Lipinski definition) is 5. The van der Waals surface area contributed by atoms with Crippen LogP contribution in [0.25, 0.3) is 11.3 Å². The lowest BCUT2D eigenvalue weighted by Gasteiger charge is -2.16. The van der Waals surface area contributed by atoms with E-state index in [1.807, 2.05) is 42.5 Å². The molecule has 0 bridgehead atoms. The van der Waals surface area contributed by atoms with Crippen molar-refractivity contribution in [3.8, 4) is 22.9 Å². The van der Waals surface area contributed by atoms with Crippen LogP contribution >= 0.6 is 0 Å². The molecule has 1 saturated heterocycles. The average Bonchev–Trinajstić information content (AvgIpc) is 3.38. The average molecular weight is 364 g/mol. The Hall–Kier alpha value is -3.35. The van der Waals surface area contributed by atoms with Gasteiger partial charge in [-0.3, -0.25) is 9.89 Å². The minimum atomic E-state index is -0.0873. The number of carbonyl (C=O) groups is 1. The zero-order valence-corrected chi connectivity index (χ0v) is 15.0. The molecule has 1 aromatic carbocycles. The maximum atomic E-state index is 12.8. The van der Waals surface area contributed by atoms with E-state index in [0.29, 0.717) is 36.1 Å². The van der Waals surface area contributed by atoms with Gasteiger partial charge in [0, 0.05) is 30.8 Å². The Labute approximate surface area is 156 Å². The van der Waals surface area contributed by atoms with E-state index in [4.69, 9.17) is 9.47 Å². The van der Waals surface area contributed by atoms with Crippen molar-refractivity contribution in [2.24, 2.45) is 0 Å². The summed E-state index contributed by atoms with van der Waals surface area (Å²) in [4.78, 5) is 18.7. The molecule has 0 spiro atoms. The van der Waals surface area contributed by atoms with Crippen molar-refractivity contribution in [1.82, 2.24) is 20.1 Å². The number of methoxy groups -OCH3 is 1. The SMILES string of the molecule is COc1ccccc1-c1cc(C(=O)N2CCC(Oc3ccccn3)C2)[nH]n1. The van der Waals surface area contributed by atoms with Gasteiger partial charge in [0.05, 0.1) is 19.3 Å². The fourth-order valence-electron chi connectivity index (χ4n) is 3.19. The predicted octanol–water partition coefficient (Wildman–Crippen LogP) is 2.77. The van der Waals surface area contributed by atoms with E-state index in [-0.39, 0.29) is 12.0 Å². The number of ether oxygens (including phenoxy) is 2. The molecule has 1 atom stereocenters. The number of aromatic amines is 1. The number of nitrogens with zero attached hydrogens (tertiary/aromatic N) is 3. The maximum absolute atomic E-state index is 12.8. The fraction of sp³-hybridized carbons (Fsp3) is 0.250. The molecule has 0 radical (unpaired) electrons. The molecule has 1 N–H and O–H groups in total. The fourth-order valence-corrected chi connectivity index (χ4v) is 3.19. The quantitative estimate of drug-likeness (QED) is 0.753. The van der Waals surface area contributed by atoms with Crippen LogP contribution in [-0.2, 0) is 0 Å². The molecular weight excluding hydrogens is 344 g/mol. The van der Waals surface area contributed by atoms with E-state index in [1.165, 1.54) is 0 Å². The molecule has 3 aromatic rings. The summed E-state index contributed by atoms with van der Waals surface area (Å²) in [5.74, 6) is 1.21. The van der Waals surface area contributed by atoms with Gasteiger partial charge in [0.1, 0.15) is 17.5 Å². The predicted molar refractivity (Wildman–Crippen MR) is 99.7 cm³/mol. The van der Waals surface area contributed by atoms with Crippen molar-refractivity contribution in [3.05, 3.63) is 60.4 Å². The van der Waals surface area contributed by atoms with Gasteiger partial charge in [0.15, 0.2) is 0 Å². The van der Waals surface area contributed by atoms with E-state index in [9.17, 15) is 4.79 Å². The minimum absolute atomic E-state index is 0.0551. The second kappa shape index (κ2) is 7.49. The number of aromatic nitrogens is 3. The molecule has 1 aliphatic rings. The van der Waals surface area contributed by atoms with Gasteiger partial charge in [0.2, 0.25) is 5.88 Å². The topological polar surface area (TPSA) is 80.3 Å². The Morgan fingerprint density at radius 1 is 1.22 bits per heavy atom. The van der Waals surface area contributed by atoms with Crippen molar-refractivity contribution in [1.29, 1.82) is 0 Å². The van der Waals surface area contributed by atoms with E-state index in [0.717, 1.165) is 12.0 Å². The van der Waals surface area contributed by atoms with Crippen molar-refractivity contribution in [2.45, 2.75) is 12.5 Å². The van der Waals surface area contributed by atoms with E-state index in [2.05, 4.69) is 15.2 Å². The van der Waals surface area contributed by atoms with Crippen LogP contribution in [0.3, 0.4) is 0 Å². The van der Waals surface area contributed by atoms with Gasteiger partial charge in [-0.1, -0.05) is 18.2 Å². The Balaban J connectivity index is 1.44. The highest BCUT2D eigenvalue weighted by atomic mass is 16.5. The van der Waals surface area contributed by atoms with Gasteiger partial charge in [-0.15, -0.1) is 0 Å². The molecule has 27 heavy (non-hydrogen) atoms. The molecule has 138 valence electrons. The van der Waals surface area contributed by atoms with Crippen LogP contribution in [0.4, 0.5) is 0 Å². The second-order valence-corrected chi connectivity index (χ2v) is 6.31. The van der Waals surface area contributed by atoms with Crippen molar-refractivity contribution in [2.75, 3.05) is 20.2 Å². The van der Waals surface area contributed by atoms with Crippen LogP contribution in [0, 0.1) is 0 Å². The van der Waals surface area contributed by atoms with Crippen LogP contribution in [0.2, 0.25) is 0 Å². The summed E-state index contributed by atoms with van der Waals surface area (Å²) < 4.78 is 11.2. The Morgan fingerprint density at radius 3 is 2.89 bits per heavy atom. The molecule has 1 aliphatic heterocycles. The Bertz CT molecular complexity index is 926. The van der Waals surface area contributed by atoms with E-state index < -0.39 is 0 Å². The molecule has 1 fully saturated rings. The number of carbonyl (C=O) groups excluding carboxylic acids is 1. The summed E-state index contributed by atoms with van der Waals surface area (Å²) in [5, 5.41) is 7.13. The third kappa shape index (κ3) is 3.62. The van der Waals surface area contributed by atoms with Crippen molar-refractivity contribution >= 4 is 5.91 Å². The molecule has 7 heteroatoms. The van der Waals surface area contributed by atoms with E-state index in [1.54, 1.807) is 24.3 Å². The van der Waals surface area contributed by atoms with Crippen molar-refractivity contribution in [3.63, 3.8) is 0 Å². The summed E-state index contributed by atoms with van der Waals surface area (Å²) in [6.45, 7) is 1.16. The normalized spacial score (nSPS) is 16.3. The first-order valence-electron chi connectivity index (χ1n) is 8.80.